The number of alkyl halides is 7. The third-order valence-corrected chi connectivity index (χ3v) is 2.01. The van der Waals surface area contributed by atoms with E-state index in [0.29, 0.717) is 0 Å². The molecule has 0 aliphatic carbocycles. The van der Waals surface area contributed by atoms with Crippen LogP contribution < -0.4 is 0 Å². The standard InChI is InChI=1S/C10H7F7O/c11-8(9(12,13)14,10(15,16)17)18-6-7-4-2-1-3-5-7/h1-5H,6H2. The molecule has 0 unspecified atom stereocenters. The zero-order valence-corrected chi connectivity index (χ0v) is 8.65. The van der Waals surface area contributed by atoms with Crippen LogP contribution in [0.1, 0.15) is 5.56 Å². The molecule has 1 aromatic carbocycles. The van der Waals surface area contributed by atoms with Crippen LogP contribution in [0.4, 0.5) is 30.7 Å². The molecule has 1 rings (SSSR count). The molecule has 0 radical (unpaired) electrons. The summed E-state index contributed by atoms with van der Waals surface area (Å²) in [6, 6.07) is 6.68. The van der Waals surface area contributed by atoms with E-state index in [4.69, 9.17) is 0 Å². The van der Waals surface area contributed by atoms with Gasteiger partial charge in [0.05, 0.1) is 6.61 Å². The van der Waals surface area contributed by atoms with Crippen molar-refractivity contribution in [1.29, 1.82) is 0 Å². The first-order valence-electron chi connectivity index (χ1n) is 4.58. The number of ether oxygens (including phenoxy) is 1. The van der Waals surface area contributed by atoms with Crippen LogP contribution in [0.15, 0.2) is 30.3 Å². The fourth-order valence-corrected chi connectivity index (χ4v) is 1.08. The number of hydrogen-bond donors (Lipinski definition) is 0. The lowest BCUT2D eigenvalue weighted by Crippen LogP contribution is -2.55. The highest BCUT2D eigenvalue weighted by Gasteiger charge is 2.74. The topological polar surface area (TPSA) is 9.23 Å². The SMILES string of the molecule is FC(F)(F)C(F)(OCc1ccccc1)C(F)(F)F. The normalized spacial score (nSPS) is 13.7. The second-order valence-corrected chi connectivity index (χ2v) is 3.37. The Bertz CT molecular complexity index is 367. The lowest BCUT2D eigenvalue weighted by Gasteiger charge is -2.29. The second-order valence-electron chi connectivity index (χ2n) is 3.37. The smallest absolute Gasteiger partial charge is 0.327 e. The first-order chi connectivity index (χ1) is 8.08. The number of hydrogen-bond acceptors (Lipinski definition) is 1. The Morgan fingerprint density at radius 2 is 1.22 bits per heavy atom. The average Bonchev–Trinajstić information content (AvgIpc) is 2.24. The predicted molar refractivity (Wildman–Crippen MR) is 47.2 cm³/mol. The third-order valence-electron chi connectivity index (χ3n) is 2.01. The van der Waals surface area contributed by atoms with E-state index in [2.05, 4.69) is 4.74 Å². The molecule has 18 heavy (non-hydrogen) atoms. The molecule has 0 fully saturated rings. The third kappa shape index (κ3) is 2.92. The van der Waals surface area contributed by atoms with Crippen molar-refractivity contribution in [3.05, 3.63) is 35.9 Å². The molecule has 8 heteroatoms. The van der Waals surface area contributed by atoms with Gasteiger partial charge in [-0.25, -0.2) is 0 Å². The summed E-state index contributed by atoms with van der Waals surface area (Å²) in [5.74, 6) is -5.67. The zero-order valence-electron chi connectivity index (χ0n) is 8.65. The molecule has 0 N–H and O–H groups in total. The summed E-state index contributed by atoms with van der Waals surface area (Å²) in [6.07, 6.45) is -12.4. The van der Waals surface area contributed by atoms with E-state index in [9.17, 15) is 30.7 Å². The van der Waals surface area contributed by atoms with Crippen molar-refractivity contribution in [3.8, 4) is 0 Å². The molecule has 0 heterocycles. The van der Waals surface area contributed by atoms with Crippen molar-refractivity contribution in [2.45, 2.75) is 24.8 Å². The highest BCUT2D eigenvalue weighted by atomic mass is 19.4. The lowest BCUT2D eigenvalue weighted by atomic mass is 10.2. The molecule has 1 nitrogen and oxygen atoms in total. The van der Waals surface area contributed by atoms with Crippen molar-refractivity contribution in [2.75, 3.05) is 0 Å². The first-order valence-corrected chi connectivity index (χ1v) is 4.58. The largest absolute Gasteiger partial charge is 0.458 e. The highest BCUT2D eigenvalue weighted by molar-refractivity contribution is 5.13. The Kier molecular flexibility index (Phi) is 3.89. The van der Waals surface area contributed by atoms with Crippen LogP contribution >= 0.6 is 0 Å². The monoisotopic (exact) mass is 276 g/mol. The minimum Gasteiger partial charge on any atom is -0.327 e. The van der Waals surface area contributed by atoms with Crippen LogP contribution in [-0.2, 0) is 11.3 Å². The van der Waals surface area contributed by atoms with Crippen molar-refractivity contribution in [3.63, 3.8) is 0 Å². The van der Waals surface area contributed by atoms with Crippen LogP contribution in [0.3, 0.4) is 0 Å². The summed E-state index contributed by atoms with van der Waals surface area (Å²) in [4.78, 5) is 0. The second kappa shape index (κ2) is 4.75. The van der Waals surface area contributed by atoms with Gasteiger partial charge in [-0.1, -0.05) is 30.3 Å². The molecule has 0 amide bonds. The lowest BCUT2D eigenvalue weighted by molar-refractivity contribution is -0.432. The van der Waals surface area contributed by atoms with Gasteiger partial charge in [0.15, 0.2) is 0 Å². The van der Waals surface area contributed by atoms with Gasteiger partial charge in [-0.15, -0.1) is 0 Å². The van der Waals surface area contributed by atoms with E-state index < -0.39 is 24.8 Å². The van der Waals surface area contributed by atoms with Crippen molar-refractivity contribution in [1.82, 2.24) is 0 Å². The molecular formula is C10H7F7O. The van der Waals surface area contributed by atoms with E-state index in [1.54, 1.807) is 0 Å². The molecule has 0 saturated heterocycles. The minimum absolute atomic E-state index is 0.00646. The summed E-state index contributed by atoms with van der Waals surface area (Å²) in [5.41, 5.74) is -0.00646. The molecule has 0 bridgehead atoms. The first kappa shape index (κ1) is 14.7. The quantitative estimate of drug-likeness (QED) is 0.758. The number of halogens is 7. The fraction of sp³-hybridized carbons (Fsp3) is 0.400. The molecule has 0 saturated carbocycles. The summed E-state index contributed by atoms with van der Waals surface area (Å²) < 4.78 is 88.9. The maximum Gasteiger partial charge on any atom is 0.458 e. The molecule has 0 aromatic heterocycles. The predicted octanol–water partition coefficient (Wildman–Crippen LogP) is 3.99. The Morgan fingerprint density at radius 3 is 1.61 bits per heavy atom. The van der Waals surface area contributed by atoms with Gasteiger partial charge < -0.3 is 4.74 Å². The van der Waals surface area contributed by atoms with Gasteiger partial charge >= 0.3 is 18.2 Å². The van der Waals surface area contributed by atoms with Gasteiger partial charge in [-0.2, -0.15) is 30.7 Å². The highest BCUT2D eigenvalue weighted by Crippen LogP contribution is 2.47. The number of rotatable bonds is 3. The van der Waals surface area contributed by atoms with Gasteiger partial charge in [0.2, 0.25) is 0 Å². The maximum atomic E-state index is 13.0. The van der Waals surface area contributed by atoms with Gasteiger partial charge in [-0.3, -0.25) is 0 Å². The minimum atomic E-state index is -6.19. The van der Waals surface area contributed by atoms with Crippen LogP contribution in [0, 0.1) is 0 Å². The molecular weight excluding hydrogens is 269 g/mol. The van der Waals surface area contributed by atoms with E-state index in [-0.39, 0.29) is 5.56 Å². The Hall–Kier alpha value is -1.31. The van der Waals surface area contributed by atoms with Crippen LogP contribution in [0.5, 0.6) is 0 Å². The van der Waals surface area contributed by atoms with Gasteiger partial charge in [0.1, 0.15) is 0 Å². The van der Waals surface area contributed by atoms with E-state index >= 15 is 0 Å². The Balaban J connectivity index is 2.89. The summed E-state index contributed by atoms with van der Waals surface area (Å²) in [7, 11) is 0. The Morgan fingerprint density at radius 1 is 0.778 bits per heavy atom. The average molecular weight is 276 g/mol. The van der Waals surface area contributed by atoms with Crippen LogP contribution in [-0.4, -0.2) is 18.2 Å². The van der Waals surface area contributed by atoms with Crippen LogP contribution in [0.25, 0.3) is 0 Å². The van der Waals surface area contributed by atoms with E-state index in [1.807, 2.05) is 0 Å². The van der Waals surface area contributed by atoms with Crippen LogP contribution in [0.2, 0.25) is 0 Å². The number of benzene rings is 1. The van der Waals surface area contributed by atoms with Crippen molar-refractivity contribution < 1.29 is 35.5 Å². The van der Waals surface area contributed by atoms with Crippen molar-refractivity contribution >= 4 is 0 Å². The van der Waals surface area contributed by atoms with Gasteiger partial charge in [-0.05, 0) is 5.56 Å². The maximum absolute atomic E-state index is 13.0. The zero-order chi connectivity index (χ0) is 14.0. The van der Waals surface area contributed by atoms with E-state index in [0.717, 1.165) is 0 Å². The molecule has 0 spiro atoms. The molecule has 0 atom stereocenters. The Labute approximate surface area is 97.2 Å². The van der Waals surface area contributed by atoms with E-state index in [1.165, 1.54) is 30.3 Å². The van der Waals surface area contributed by atoms with Crippen molar-refractivity contribution in [2.24, 2.45) is 0 Å². The molecule has 0 aliphatic heterocycles. The summed E-state index contributed by atoms with van der Waals surface area (Å²) in [5, 5.41) is 0. The van der Waals surface area contributed by atoms with Gasteiger partial charge in [0, 0.05) is 0 Å². The summed E-state index contributed by atoms with van der Waals surface area (Å²) in [6.45, 7) is -1.14. The molecule has 102 valence electrons. The fourth-order valence-electron chi connectivity index (χ4n) is 1.08. The molecule has 0 aliphatic rings. The molecule has 1 aromatic rings. The van der Waals surface area contributed by atoms with Gasteiger partial charge in [0.25, 0.3) is 0 Å². The summed E-state index contributed by atoms with van der Waals surface area (Å²) >= 11 is 0.